The van der Waals surface area contributed by atoms with Gasteiger partial charge in [-0.15, -0.1) is 0 Å². The summed E-state index contributed by atoms with van der Waals surface area (Å²) in [6.07, 6.45) is 25.3. The molecular formula is C93H177N25O8. The molecule has 10 aliphatic heterocycles. The Hall–Kier alpha value is -6.16. The van der Waals surface area contributed by atoms with Crippen LogP contribution in [0.3, 0.4) is 0 Å². The number of carboxylic acids is 1. The van der Waals surface area contributed by atoms with Crippen molar-refractivity contribution in [2.75, 3.05) is 254 Å². The third-order valence-corrected chi connectivity index (χ3v) is 25.0. The van der Waals surface area contributed by atoms with Crippen LogP contribution in [0.15, 0.2) is 55.3 Å². The number of pyridine rings is 1. The number of hydrogen-bond acceptors (Lipinski definition) is 30. The number of aliphatic hydroxyl groups is 1. The zero-order chi connectivity index (χ0) is 93.5. The number of fused-ring (bicyclic) bond motifs is 1. The number of aliphatic carboxylic acids is 1. The summed E-state index contributed by atoms with van der Waals surface area (Å²) in [7, 11) is 20.4. The molecular weight excluding hydrogens is 1600 g/mol. The number of piperidine rings is 4. The maximum Gasteiger partial charge on any atom is 0.320 e. The Kier molecular flexibility index (Phi) is 59.2. The number of ketones is 5. The zero-order valence-electron chi connectivity index (χ0n) is 81.6. The van der Waals surface area contributed by atoms with Gasteiger partial charge in [0.2, 0.25) is 0 Å². The number of nitrogens with two attached hydrogens (primary N) is 2. The number of piperazine rings is 2. The van der Waals surface area contributed by atoms with E-state index < -0.39 is 11.5 Å². The van der Waals surface area contributed by atoms with Gasteiger partial charge in [-0.25, -0.2) is 4.98 Å². The average molecular weight is 1770 g/mol. The minimum absolute atomic E-state index is 0.0683. The van der Waals surface area contributed by atoms with E-state index >= 15 is 0 Å². The van der Waals surface area contributed by atoms with Crippen molar-refractivity contribution in [1.29, 1.82) is 5.41 Å². The lowest BCUT2D eigenvalue weighted by Gasteiger charge is -2.37. The van der Waals surface area contributed by atoms with E-state index in [1.54, 1.807) is 47.0 Å². The Balaban J connectivity index is 0.000000359. The second-order valence-electron chi connectivity index (χ2n) is 36.3. The summed E-state index contributed by atoms with van der Waals surface area (Å²) >= 11 is 0. The van der Waals surface area contributed by atoms with Crippen LogP contribution in [0.1, 0.15) is 168 Å². The van der Waals surface area contributed by atoms with Crippen molar-refractivity contribution in [2.24, 2.45) is 17.4 Å². The van der Waals surface area contributed by atoms with Crippen LogP contribution in [0.25, 0.3) is 5.65 Å². The largest absolute Gasteiger partial charge is 0.511 e. The monoisotopic (exact) mass is 1770 g/mol. The second kappa shape index (κ2) is 65.4. The first-order valence-electron chi connectivity index (χ1n) is 47.0. The van der Waals surface area contributed by atoms with E-state index in [1.807, 2.05) is 84.1 Å². The predicted octanol–water partition coefficient (Wildman–Crippen LogP) is 4.09. The SMILES string of the molecule is C=C(O)C(N)CC1CCN(C)CC1.CC(=N)N1CCCN(C)CC1.CC(=O)C1(N)CCN(C)CC1.CC(=O)C1CCCN1C1CCN(C)CC1.CC(=O)C1CN(C)CCN1.CCCCN1CCN(CC(C)=O)CC1.CN1CCCNCC1.CNC1CCN(CC(C)=O)CC1.CNC1CNC(C(=O)O)C1.CNCc1cn2ccccc2n1.CNCc1cnc(C)cn1. The van der Waals surface area contributed by atoms with Crippen molar-refractivity contribution in [1.82, 2.24) is 110 Å². The van der Waals surface area contributed by atoms with Gasteiger partial charge in [0.05, 0.1) is 59.7 Å². The molecule has 3 aromatic rings. The van der Waals surface area contributed by atoms with E-state index in [4.69, 9.17) is 27.1 Å². The fraction of sp³-hybridized carbons (Fsp3) is 0.785. The van der Waals surface area contributed by atoms with Crippen molar-refractivity contribution >= 4 is 46.4 Å². The van der Waals surface area contributed by atoms with Crippen LogP contribution in [-0.2, 0) is 41.9 Å². The number of aryl methyl sites for hydroxylation is 1. The molecule has 0 bridgehead atoms. The van der Waals surface area contributed by atoms with E-state index in [0.29, 0.717) is 55.2 Å². The van der Waals surface area contributed by atoms with Crippen molar-refractivity contribution in [3.8, 4) is 0 Å². The number of unbranched alkanes of at least 4 members (excludes halogenated alkanes) is 1. The molecule has 5 atom stereocenters. The predicted molar refractivity (Wildman–Crippen MR) is 514 cm³/mol. The molecule has 33 nitrogen and oxygen atoms in total. The highest BCUT2D eigenvalue weighted by atomic mass is 16.4. The van der Waals surface area contributed by atoms with E-state index in [9.17, 15) is 28.8 Å². The van der Waals surface area contributed by atoms with Gasteiger partial charge in [-0.1, -0.05) is 26.0 Å². The summed E-state index contributed by atoms with van der Waals surface area (Å²) in [4.78, 5) is 104. The van der Waals surface area contributed by atoms with Crippen LogP contribution in [0.5, 0.6) is 0 Å². The second-order valence-corrected chi connectivity index (χ2v) is 36.3. The van der Waals surface area contributed by atoms with Gasteiger partial charge in [0.1, 0.15) is 46.4 Å². The first kappa shape index (κ1) is 114. The maximum atomic E-state index is 11.5. The van der Waals surface area contributed by atoms with E-state index in [1.165, 1.54) is 116 Å². The van der Waals surface area contributed by atoms with Crippen molar-refractivity contribution in [3.05, 3.63) is 72.4 Å². The fourth-order valence-corrected chi connectivity index (χ4v) is 16.3. The van der Waals surface area contributed by atoms with Gasteiger partial charge < -0.3 is 102 Å². The Morgan fingerprint density at radius 1 is 0.595 bits per heavy atom. The molecule has 0 saturated carbocycles. The van der Waals surface area contributed by atoms with Gasteiger partial charge in [0.15, 0.2) is 0 Å². The highest BCUT2D eigenvalue weighted by Crippen LogP contribution is 2.27. The molecule has 10 fully saturated rings. The smallest absolute Gasteiger partial charge is 0.320 e. The third-order valence-electron chi connectivity index (χ3n) is 25.0. The lowest BCUT2D eigenvalue weighted by Crippen LogP contribution is -2.54. The zero-order valence-corrected chi connectivity index (χ0v) is 81.6. The molecule has 13 heterocycles. The van der Waals surface area contributed by atoms with Gasteiger partial charge in [0, 0.05) is 167 Å². The van der Waals surface area contributed by atoms with Crippen LogP contribution in [0.2, 0.25) is 0 Å². The maximum absolute atomic E-state index is 11.5. The van der Waals surface area contributed by atoms with Crippen LogP contribution < -0.4 is 48.7 Å². The molecule has 0 aromatic carbocycles. The molecule has 0 amide bonds. The number of rotatable bonds is 21. The molecule has 5 unspecified atom stereocenters. The number of carboxylic acid groups (broad SMARTS) is 1. The van der Waals surface area contributed by atoms with E-state index in [-0.39, 0.29) is 53.1 Å². The Morgan fingerprint density at radius 3 is 1.67 bits per heavy atom. The van der Waals surface area contributed by atoms with Gasteiger partial charge in [-0.2, -0.15) is 0 Å². The third kappa shape index (κ3) is 49.7. The first-order chi connectivity index (χ1) is 60.0. The quantitative estimate of drug-likeness (QED) is 0.0406. The molecule has 126 heavy (non-hydrogen) atoms. The molecule has 0 spiro atoms. The lowest BCUT2D eigenvalue weighted by atomic mass is 9.85. The number of carbonyl (C=O) groups excluding carboxylic acids is 5. The van der Waals surface area contributed by atoms with Crippen LogP contribution in [-0.4, -0.2) is 426 Å². The summed E-state index contributed by atoms with van der Waals surface area (Å²) in [5.41, 5.74) is 15.1. The number of likely N-dealkylation sites (tertiary alicyclic amines) is 5. The lowest BCUT2D eigenvalue weighted by molar-refractivity contribution is -0.139. The van der Waals surface area contributed by atoms with E-state index in [0.717, 1.165) is 186 Å². The molecule has 722 valence electrons. The Labute approximate surface area is 760 Å². The van der Waals surface area contributed by atoms with Gasteiger partial charge in [0.25, 0.3) is 0 Å². The number of hydrogen-bond donors (Lipinski definition) is 12. The molecule has 13 rings (SSSR count). The summed E-state index contributed by atoms with van der Waals surface area (Å²) in [6.45, 7) is 48.8. The normalized spacial score (nSPS) is 22.6. The number of nitrogens with one attached hydrogen (secondary N) is 8. The van der Waals surface area contributed by atoms with Gasteiger partial charge in [-0.05, 0) is 292 Å². The molecule has 10 saturated heterocycles. The van der Waals surface area contributed by atoms with Crippen molar-refractivity contribution in [3.63, 3.8) is 0 Å². The number of Topliss-reactive ketones (excluding diaryl/α,β-unsaturated/α-hetero) is 5. The molecule has 0 aliphatic carbocycles. The summed E-state index contributed by atoms with van der Waals surface area (Å²) < 4.78 is 2.02. The number of carbonyl (C=O) groups is 6. The van der Waals surface area contributed by atoms with Crippen LogP contribution in [0.4, 0.5) is 0 Å². The molecule has 10 aliphatic rings. The van der Waals surface area contributed by atoms with Crippen molar-refractivity contribution in [2.45, 2.75) is 219 Å². The Bertz CT molecular complexity index is 3410. The number of aliphatic hydroxyl groups excluding tert-OH is 1. The highest BCUT2D eigenvalue weighted by molar-refractivity contribution is 5.86. The standard InChI is InChI=1S/C12H22N2O.C11H22N2O.C10H20N2O.C9H11N3.C9H18N2O.C8H17N3.C8H16N2O.C7H11N3.C7H14N2O.C6H12N2O2.C6H14N2/c1-10(15)12-4-3-7-14(12)11-5-8-13(2)9-6-11;1-3-4-5-12-6-8-13(9-7-12)10-11(2)14;1-8(13)10(11)7-9-3-5-12(2)6-4-9;1-10-6-8-7-12-5-3-2-4-9(12)11-8;1-8(12)7-11-5-3-9(10-2)4-6-11;1-8(9)11-5-3-4-10(2)6-7-11;1-7(11)8(9)3-5-10(2)6-4-8;1-6-3-10-7(4-8-2)5-9-6;1-6(10)7-5-9(2)4-3-8-7;1-7-4-2-5(6(9)10)8-3-4;1-8-5-2-3-7-4-6-8/h11-12H,3-9H2,1-2H3;3-10H2,1-2H3;9-10,13H,1,3-7,11H2,2H3;2-5,7,10H,6H2,1H3;9-10H,3-7H2,1-2H3;9H,3-7H2,1-2H3;3-6,9H2,1-2H3;3,5,8H,4H2,1-2H3;7-8H,3-5H2,1-2H3;4-5,7-8H,2-3H2,1H3,(H,9,10);7H,2-6H2,1H3. The average Bonchev–Trinajstić information content (AvgIpc) is 1.54. The van der Waals surface area contributed by atoms with Gasteiger partial charge >= 0.3 is 5.97 Å². The summed E-state index contributed by atoms with van der Waals surface area (Å²) in [5, 5.41) is 46.8. The van der Waals surface area contributed by atoms with Crippen LogP contribution in [0, 0.1) is 18.3 Å². The minimum Gasteiger partial charge on any atom is -0.511 e. The first-order valence-corrected chi connectivity index (χ1v) is 47.0. The summed E-state index contributed by atoms with van der Waals surface area (Å²) in [6, 6.07) is 7.36. The fourth-order valence-electron chi connectivity index (χ4n) is 16.3. The molecule has 3 aromatic heterocycles. The van der Waals surface area contributed by atoms with Crippen LogP contribution >= 0.6 is 0 Å². The number of likely N-dealkylation sites (N-methyl/N-ethyl adjacent to an activating group) is 4. The Morgan fingerprint density at radius 2 is 1.17 bits per heavy atom. The number of amidine groups is 1. The number of imidazole rings is 1. The number of nitrogens with zero attached hydrogens (tertiary/aromatic N) is 15. The van der Waals surface area contributed by atoms with Gasteiger partial charge in [-0.3, -0.25) is 58.8 Å². The van der Waals surface area contributed by atoms with E-state index in [2.05, 4.69) is 155 Å². The number of aromatic nitrogens is 4. The van der Waals surface area contributed by atoms with Crippen molar-refractivity contribution < 1.29 is 39.0 Å². The molecule has 33 heteroatoms. The topological polar surface area (TPSA) is 382 Å². The minimum atomic E-state index is -0.752. The molecule has 0 radical (unpaired) electrons. The highest BCUT2D eigenvalue weighted by Gasteiger charge is 2.36. The summed E-state index contributed by atoms with van der Waals surface area (Å²) in [5.74, 6) is 2.04. The molecule has 14 N–H and O–H groups in total.